The highest BCUT2D eigenvalue weighted by molar-refractivity contribution is 7.89. The molecule has 0 amide bonds. The normalized spacial score (nSPS) is 24.3. The van der Waals surface area contributed by atoms with E-state index in [0.29, 0.717) is 11.7 Å². The maximum absolute atomic E-state index is 11.6. The Kier molecular flexibility index (Phi) is 3.64. The molecule has 0 radical (unpaired) electrons. The van der Waals surface area contributed by atoms with Crippen molar-refractivity contribution >= 4 is 10.0 Å². The maximum atomic E-state index is 11.6. The van der Waals surface area contributed by atoms with Crippen LogP contribution in [0.25, 0.3) is 0 Å². The van der Waals surface area contributed by atoms with Crippen LogP contribution in [-0.4, -0.2) is 33.3 Å². The third-order valence-electron chi connectivity index (χ3n) is 3.18. The lowest BCUT2D eigenvalue weighted by atomic mass is 9.96. The van der Waals surface area contributed by atoms with Gasteiger partial charge in [0.1, 0.15) is 0 Å². The fourth-order valence-electron chi connectivity index (χ4n) is 2.01. The Hall–Kier alpha value is -0.130. The van der Waals surface area contributed by atoms with Crippen LogP contribution in [0.4, 0.5) is 0 Å². The second kappa shape index (κ2) is 4.80. The standard InChI is InChI=1S/C10H20N2O2S/c13-15(14,12-10-1-2-10)8-5-9-3-6-11-7-4-9/h9-12H,1-8H2. The fraction of sp³-hybridized carbons (Fsp3) is 1.00. The lowest BCUT2D eigenvalue weighted by Crippen LogP contribution is -2.32. The second-order valence-electron chi connectivity index (χ2n) is 4.69. The third kappa shape index (κ3) is 4.09. The highest BCUT2D eigenvalue weighted by atomic mass is 32.2. The van der Waals surface area contributed by atoms with E-state index in [0.717, 1.165) is 45.2 Å². The van der Waals surface area contributed by atoms with E-state index in [1.807, 2.05) is 0 Å². The summed E-state index contributed by atoms with van der Waals surface area (Å²) < 4.78 is 25.9. The van der Waals surface area contributed by atoms with Gasteiger partial charge in [0.2, 0.25) is 10.0 Å². The van der Waals surface area contributed by atoms with Crippen LogP contribution in [0.1, 0.15) is 32.1 Å². The number of piperidine rings is 1. The molecular formula is C10H20N2O2S. The van der Waals surface area contributed by atoms with Crippen LogP contribution >= 0.6 is 0 Å². The SMILES string of the molecule is O=S(=O)(CCC1CCNCC1)NC1CC1. The Morgan fingerprint density at radius 3 is 2.40 bits per heavy atom. The Labute approximate surface area is 91.9 Å². The van der Waals surface area contributed by atoms with E-state index >= 15 is 0 Å². The largest absolute Gasteiger partial charge is 0.317 e. The van der Waals surface area contributed by atoms with Gasteiger partial charge in [0, 0.05) is 6.04 Å². The van der Waals surface area contributed by atoms with Crippen molar-refractivity contribution in [2.24, 2.45) is 5.92 Å². The van der Waals surface area contributed by atoms with Crippen molar-refractivity contribution in [2.45, 2.75) is 38.1 Å². The molecule has 0 atom stereocenters. The zero-order chi connectivity index (χ0) is 10.7. The summed E-state index contributed by atoms with van der Waals surface area (Å²) in [6.07, 6.45) is 5.11. The molecule has 1 saturated heterocycles. The summed E-state index contributed by atoms with van der Waals surface area (Å²) in [7, 11) is -2.99. The van der Waals surface area contributed by atoms with Crippen LogP contribution in [0.15, 0.2) is 0 Å². The van der Waals surface area contributed by atoms with Gasteiger partial charge in [0.15, 0.2) is 0 Å². The summed E-state index contributed by atoms with van der Waals surface area (Å²) in [5, 5.41) is 3.29. The molecule has 0 spiro atoms. The third-order valence-corrected chi connectivity index (χ3v) is 4.64. The summed E-state index contributed by atoms with van der Waals surface area (Å²) in [5.74, 6) is 0.913. The highest BCUT2D eigenvalue weighted by Gasteiger charge is 2.27. The van der Waals surface area contributed by atoms with E-state index in [9.17, 15) is 8.42 Å². The van der Waals surface area contributed by atoms with Crippen LogP contribution in [0.5, 0.6) is 0 Å². The minimum Gasteiger partial charge on any atom is -0.317 e. The molecule has 0 bridgehead atoms. The zero-order valence-electron chi connectivity index (χ0n) is 9.04. The lowest BCUT2D eigenvalue weighted by molar-refractivity contribution is 0.365. The van der Waals surface area contributed by atoms with E-state index in [4.69, 9.17) is 0 Å². The fourth-order valence-corrected chi connectivity index (χ4v) is 3.51. The molecule has 4 nitrogen and oxygen atoms in total. The van der Waals surface area contributed by atoms with Crippen LogP contribution < -0.4 is 10.0 Å². The van der Waals surface area contributed by atoms with Crippen molar-refractivity contribution in [3.8, 4) is 0 Å². The van der Waals surface area contributed by atoms with Gasteiger partial charge in [-0.05, 0) is 51.1 Å². The van der Waals surface area contributed by atoms with Gasteiger partial charge in [0.05, 0.1) is 5.75 Å². The van der Waals surface area contributed by atoms with E-state index in [1.54, 1.807) is 0 Å². The highest BCUT2D eigenvalue weighted by Crippen LogP contribution is 2.21. The van der Waals surface area contributed by atoms with Crippen LogP contribution in [0, 0.1) is 5.92 Å². The van der Waals surface area contributed by atoms with Crippen molar-refractivity contribution in [3.63, 3.8) is 0 Å². The molecule has 15 heavy (non-hydrogen) atoms. The van der Waals surface area contributed by atoms with Crippen molar-refractivity contribution < 1.29 is 8.42 Å². The van der Waals surface area contributed by atoms with E-state index in [-0.39, 0.29) is 6.04 Å². The molecule has 0 aromatic heterocycles. The van der Waals surface area contributed by atoms with Crippen LogP contribution in [-0.2, 0) is 10.0 Å². The first-order valence-electron chi connectivity index (χ1n) is 5.86. The molecule has 1 heterocycles. The van der Waals surface area contributed by atoms with Gasteiger partial charge < -0.3 is 5.32 Å². The quantitative estimate of drug-likeness (QED) is 0.724. The van der Waals surface area contributed by atoms with Crippen molar-refractivity contribution in [2.75, 3.05) is 18.8 Å². The number of hydrogen-bond acceptors (Lipinski definition) is 3. The number of sulfonamides is 1. The van der Waals surface area contributed by atoms with Gasteiger partial charge in [-0.2, -0.15) is 0 Å². The van der Waals surface area contributed by atoms with Crippen molar-refractivity contribution in [3.05, 3.63) is 0 Å². The molecule has 1 aliphatic heterocycles. The van der Waals surface area contributed by atoms with Gasteiger partial charge in [-0.3, -0.25) is 0 Å². The molecular weight excluding hydrogens is 212 g/mol. The number of hydrogen-bond donors (Lipinski definition) is 2. The molecule has 0 aromatic carbocycles. The van der Waals surface area contributed by atoms with Gasteiger partial charge in [0.25, 0.3) is 0 Å². The van der Waals surface area contributed by atoms with Crippen molar-refractivity contribution in [1.82, 2.24) is 10.0 Å². The molecule has 1 aliphatic carbocycles. The zero-order valence-corrected chi connectivity index (χ0v) is 9.85. The monoisotopic (exact) mass is 232 g/mol. The molecule has 88 valence electrons. The Balaban J connectivity index is 1.70. The van der Waals surface area contributed by atoms with Gasteiger partial charge in [-0.25, -0.2) is 13.1 Å². The number of rotatable bonds is 5. The molecule has 2 aliphatic rings. The number of nitrogens with one attached hydrogen (secondary N) is 2. The first kappa shape index (κ1) is 11.4. The van der Waals surface area contributed by atoms with Crippen molar-refractivity contribution in [1.29, 1.82) is 0 Å². The minimum atomic E-state index is -2.99. The Bertz CT molecular complexity index is 293. The molecule has 2 fully saturated rings. The van der Waals surface area contributed by atoms with E-state index in [2.05, 4.69) is 10.0 Å². The summed E-state index contributed by atoms with van der Waals surface area (Å²) in [5.41, 5.74) is 0. The molecule has 2 rings (SSSR count). The topological polar surface area (TPSA) is 58.2 Å². The van der Waals surface area contributed by atoms with Gasteiger partial charge >= 0.3 is 0 Å². The lowest BCUT2D eigenvalue weighted by Gasteiger charge is -2.22. The minimum absolute atomic E-state index is 0.253. The smallest absolute Gasteiger partial charge is 0.211 e. The van der Waals surface area contributed by atoms with Crippen LogP contribution in [0.3, 0.4) is 0 Å². The maximum Gasteiger partial charge on any atom is 0.211 e. The summed E-state index contributed by atoms with van der Waals surface area (Å²) >= 11 is 0. The first-order chi connectivity index (χ1) is 7.16. The predicted octanol–water partition coefficient (Wildman–Crippen LogP) is 0.458. The summed E-state index contributed by atoms with van der Waals surface area (Å²) in [6, 6.07) is 0.253. The summed E-state index contributed by atoms with van der Waals surface area (Å²) in [4.78, 5) is 0. The average Bonchev–Trinajstić information content (AvgIpc) is 3.00. The molecule has 1 saturated carbocycles. The Morgan fingerprint density at radius 2 is 1.80 bits per heavy atom. The average molecular weight is 232 g/mol. The predicted molar refractivity (Wildman–Crippen MR) is 60.2 cm³/mol. The molecule has 2 N–H and O–H groups in total. The van der Waals surface area contributed by atoms with E-state index < -0.39 is 10.0 Å². The molecule has 0 aromatic rings. The van der Waals surface area contributed by atoms with Gasteiger partial charge in [-0.15, -0.1) is 0 Å². The molecule has 5 heteroatoms. The first-order valence-corrected chi connectivity index (χ1v) is 7.52. The second-order valence-corrected chi connectivity index (χ2v) is 6.57. The summed E-state index contributed by atoms with van der Waals surface area (Å²) in [6.45, 7) is 2.08. The molecule has 0 unspecified atom stereocenters. The van der Waals surface area contributed by atoms with E-state index in [1.165, 1.54) is 0 Å². The van der Waals surface area contributed by atoms with Crippen LogP contribution in [0.2, 0.25) is 0 Å². The van der Waals surface area contributed by atoms with Gasteiger partial charge in [-0.1, -0.05) is 0 Å². The Morgan fingerprint density at radius 1 is 1.13 bits per heavy atom.